The first-order chi connectivity index (χ1) is 10.5. The second-order valence-electron chi connectivity index (χ2n) is 4.55. The summed E-state index contributed by atoms with van der Waals surface area (Å²) in [6.07, 6.45) is 1.43. The van der Waals surface area contributed by atoms with Crippen molar-refractivity contribution in [3.8, 4) is 0 Å². The molecule has 22 heavy (non-hydrogen) atoms. The molecule has 2 amide bonds. The molecule has 0 unspecified atom stereocenters. The van der Waals surface area contributed by atoms with Crippen LogP contribution >= 0.6 is 27.5 Å². The lowest BCUT2D eigenvalue weighted by atomic mass is 10.2. The summed E-state index contributed by atoms with van der Waals surface area (Å²) in [6.45, 7) is 1.73. The summed E-state index contributed by atoms with van der Waals surface area (Å²) in [6, 6.07) is 8.58. The van der Waals surface area contributed by atoms with Crippen molar-refractivity contribution in [2.24, 2.45) is 0 Å². The average Bonchev–Trinajstić information content (AvgIpc) is 2.48. The summed E-state index contributed by atoms with van der Waals surface area (Å²) in [4.78, 5) is 27.6. The molecule has 0 spiro atoms. The van der Waals surface area contributed by atoms with E-state index >= 15 is 0 Å². The summed E-state index contributed by atoms with van der Waals surface area (Å²) in [5, 5.41) is 5.65. The molecule has 114 valence electrons. The lowest BCUT2D eigenvalue weighted by Gasteiger charge is -2.09. The van der Waals surface area contributed by atoms with Gasteiger partial charge in [0, 0.05) is 21.4 Å². The molecule has 2 rings (SSSR count). The minimum atomic E-state index is -0.455. The Labute approximate surface area is 141 Å². The van der Waals surface area contributed by atoms with E-state index in [0.29, 0.717) is 10.7 Å². The van der Waals surface area contributed by atoms with E-state index in [4.69, 9.17) is 11.6 Å². The van der Waals surface area contributed by atoms with Gasteiger partial charge in [0.1, 0.15) is 5.69 Å². The van der Waals surface area contributed by atoms with Crippen molar-refractivity contribution in [3.05, 3.63) is 57.3 Å². The molecule has 0 saturated carbocycles. The molecule has 0 aliphatic heterocycles. The monoisotopic (exact) mass is 381 g/mol. The third-order valence-corrected chi connectivity index (χ3v) is 3.57. The van der Waals surface area contributed by atoms with E-state index in [-0.39, 0.29) is 18.1 Å². The molecular formula is C15H13BrClN3O2. The van der Waals surface area contributed by atoms with E-state index in [1.165, 1.54) is 12.3 Å². The molecule has 1 aromatic carbocycles. The number of rotatable bonds is 4. The van der Waals surface area contributed by atoms with Crippen molar-refractivity contribution in [3.63, 3.8) is 0 Å². The summed E-state index contributed by atoms with van der Waals surface area (Å²) >= 11 is 9.13. The van der Waals surface area contributed by atoms with Gasteiger partial charge in [0.05, 0.1) is 6.54 Å². The van der Waals surface area contributed by atoms with Crippen LogP contribution in [-0.4, -0.2) is 23.3 Å². The molecule has 0 atom stereocenters. The Hall–Kier alpha value is -1.92. The molecule has 0 bridgehead atoms. The fourth-order valence-corrected chi connectivity index (χ4v) is 2.22. The number of aryl methyl sites for hydroxylation is 1. The maximum absolute atomic E-state index is 11.9. The van der Waals surface area contributed by atoms with Crippen LogP contribution in [0.15, 0.2) is 41.0 Å². The number of benzene rings is 1. The first kappa shape index (κ1) is 16.5. The Kier molecular flexibility index (Phi) is 5.51. The standard InChI is InChI=1S/C15H13BrClN3O2/c1-9-2-3-10(16)6-12(9)20-14(21)8-19-15(22)13-7-11(17)4-5-18-13/h2-7H,8H2,1H3,(H,19,22)(H,20,21). The molecule has 2 aromatic rings. The fourth-order valence-electron chi connectivity index (χ4n) is 1.70. The van der Waals surface area contributed by atoms with Gasteiger partial charge in [-0.05, 0) is 36.8 Å². The molecular weight excluding hydrogens is 370 g/mol. The Bertz CT molecular complexity index is 722. The second kappa shape index (κ2) is 7.38. The highest BCUT2D eigenvalue weighted by Gasteiger charge is 2.10. The van der Waals surface area contributed by atoms with Crippen molar-refractivity contribution < 1.29 is 9.59 Å². The molecule has 1 heterocycles. The summed E-state index contributed by atoms with van der Waals surface area (Å²) in [7, 11) is 0. The van der Waals surface area contributed by atoms with Crippen molar-refractivity contribution in [2.45, 2.75) is 6.92 Å². The zero-order chi connectivity index (χ0) is 16.1. The van der Waals surface area contributed by atoms with Crippen LogP contribution in [0.5, 0.6) is 0 Å². The molecule has 1 aromatic heterocycles. The number of carbonyl (C=O) groups excluding carboxylic acids is 2. The molecule has 7 heteroatoms. The first-order valence-electron chi connectivity index (χ1n) is 6.41. The van der Waals surface area contributed by atoms with E-state index in [1.807, 2.05) is 19.1 Å². The maximum atomic E-state index is 11.9. The van der Waals surface area contributed by atoms with E-state index < -0.39 is 5.91 Å². The van der Waals surface area contributed by atoms with Crippen molar-refractivity contribution in [1.82, 2.24) is 10.3 Å². The zero-order valence-electron chi connectivity index (χ0n) is 11.7. The van der Waals surface area contributed by atoms with Gasteiger partial charge in [-0.15, -0.1) is 0 Å². The molecule has 2 N–H and O–H groups in total. The van der Waals surface area contributed by atoms with Crippen LogP contribution in [0.1, 0.15) is 16.1 Å². The summed E-state index contributed by atoms with van der Waals surface area (Å²) in [5.41, 5.74) is 1.79. The van der Waals surface area contributed by atoms with E-state index in [0.717, 1.165) is 10.0 Å². The van der Waals surface area contributed by atoms with Gasteiger partial charge in [-0.25, -0.2) is 0 Å². The van der Waals surface area contributed by atoms with Crippen molar-refractivity contribution >= 4 is 45.0 Å². The van der Waals surface area contributed by atoms with E-state index in [1.54, 1.807) is 12.1 Å². The number of hydrogen-bond donors (Lipinski definition) is 2. The number of pyridine rings is 1. The second-order valence-corrected chi connectivity index (χ2v) is 5.90. The van der Waals surface area contributed by atoms with Gasteiger partial charge < -0.3 is 10.6 Å². The predicted molar refractivity (Wildman–Crippen MR) is 89.1 cm³/mol. The van der Waals surface area contributed by atoms with Crippen molar-refractivity contribution in [1.29, 1.82) is 0 Å². The molecule has 0 saturated heterocycles. The summed E-state index contributed by atoms with van der Waals surface area (Å²) in [5.74, 6) is -0.778. The van der Waals surface area contributed by atoms with Gasteiger partial charge in [-0.2, -0.15) is 0 Å². The van der Waals surface area contributed by atoms with Gasteiger partial charge in [0.2, 0.25) is 5.91 Å². The topological polar surface area (TPSA) is 71.1 Å². The third-order valence-electron chi connectivity index (χ3n) is 2.84. The third kappa shape index (κ3) is 4.54. The first-order valence-corrected chi connectivity index (χ1v) is 7.58. The highest BCUT2D eigenvalue weighted by Crippen LogP contribution is 2.20. The van der Waals surface area contributed by atoms with Gasteiger partial charge in [-0.3, -0.25) is 14.6 Å². The van der Waals surface area contributed by atoms with E-state index in [2.05, 4.69) is 31.5 Å². The van der Waals surface area contributed by atoms with Gasteiger partial charge in [0.25, 0.3) is 5.91 Å². The van der Waals surface area contributed by atoms with Gasteiger partial charge >= 0.3 is 0 Å². The summed E-state index contributed by atoms with van der Waals surface area (Å²) < 4.78 is 0.862. The lowest BCUT2D eigenvalue weighted by molar-refractivity contribution is -0.115. The molecule has 5 nitrogen and oxygen atoms in total. The Morgan fingerprint density at radius 3 is 2.77 bits per heavy atom. The van der Waals surface area contributed by atoms with Gasteiger partial charge in [-0.1, -0.05) is 33.6 Å². The SMILES string of the molecule is Cc1ccc(Br)cc1NC(=O)CNC(=O)c1cc(Cl)ccn1. The fraction of sp³-hybridized carbons (Fsp3) is 0.133. The number of nitrogens with one attached hydrogen (secondary N) is 2. The lowest BCUT2D eigenvalue weighted by Crippen LogP contribution is -2.33. The van der Waals surface area contributed by atoms with Crippen LogP contribution in [0.2, 0.25) is 5.02 Å². The number of halogens is 2. The number of anilines is 1. The number of aromatic nitrogens is 1. The van der Waals surface area contributed by atoms with Gasteiger partial charge in [0.15, 0.2) is 0 Å². The Morgan fingerprint density at radius 1 is 1.27 bits per heavy atom. The largest absolute Gasteiger partial charge is 0.342 e. The quantitative estimate of drug-likeness (QED) is 0.853. The van der Waals surface area contributed by atoms with Crippen LogP contribution in [0.25, 0.3) is 0 Å². The van der Waals surface area contributed by atoms with E-state index in [9.17, 15) is 9.59 Å². The maximum Gasteiger partial charge on any atom is 0.270 e. The Morgan fingerprint density at radius 2 is 2.05 bits per heavy atom. The van der Waals surface area contributed by atoms with Crippen molar-refractivity contribution in [2.75, 3.05) is 11.9 Å². The number of nitrogens with zero attached hydrogens (tertiary/aromatic N) is 1. The van der Waals surface area contributed by atoms with Crippen LogP contribution in [0, 0.1) is 6.92 Å². The zero-order valence-corrected chi connectivity index (χ0v) is 14.0. The van der Waals surface area contributed by atoms with Crippen LogP contribution in [0.4, 0.5) is 5.69 Å². The van der Waals surface area contributed by atoms with Crippen LogP contribution in [0.3, 0.4) is 0 Å². The molecule has 0 aliphatic rings. The van der Waals surface area contributed by atoms with Crippen LogP contribution in [-0.2, 0) is 4.79 Å². The number of carbonyl (C=O) groups is 2. The average molecular weight is 383 g/mol. The molecule has 0 aliphatic carbocycles. The minimum absolute atomic E-state index is 0.154. The number of hydrogen-bond acceptors (Lipinski definition) is 3. The Balaban J connectivity index is 1.93. The molecule has 0 radical (unpaired) electrons. The van der Waals surface area contributed by atoms with Crippen LogP contribution < -0.4 is 10.6 Å². The normalized spacial score (nSPS) is 10.1. The smallest absolute Gasteiger partial charge is 0.270 e. The number of amides is 2. The predicted octanol–water partition coefficient (Wildman–Crippen LogP) is 3.17. The molecule has 0 fully saturated rings. The minimum Gasteiger partial charge on any atom is -0.342 e. The highest BCUT2D eigenvalue weighted by molar-refractivity contribution is 9.10. The highest BCUT2D eigenvalue weighted by atomic mass is 79.9.